The molecule has 4 rings (SSSR count). The number of carbonyl (C=O) groups excluding carboxylic acids is 1. The van der Waals surface area contributed by atoms with Crippen LogP contribution in [0.4, 0.5) is 5.69 Å². The summed E-state index contributed by atoms with van der Waals surface area (Å²) in [6, 6.07) is 23.7. The second kappa shape index (κ2) is 8.51. The minimum Gasteiger partial charge on any atom is -0.497 e. The lowest BCUT2D eigenvalue weighted by molar-refractivity contribution is -0.125. The Morgan fingerprint density at radius 2 is 1.56 bits per heavy atom. The fourth-order valence-corrected chi connectivity index (χ4v) is 5.39. The summed E-state index contributed by atoms with van der Waals surface area (Å²) in [6.07, 6.45) is 0. The molecular weight excluding hydrogens is 424 g/mol. The van der Waals surface area contributed by atoms with Crippen molar-refractivity contribution in [2.75, 3.05) is 25.5 Å². The van der Waals surface area contributed by atoms with Crippen molar-refractivity contribution in [3.8, 4) is 5.75 Å². The molecule has 0 N–H and O–H groups in total. The van der Waals surface area contributed by atoms with Gasteiger partial charge in [0.25, 0.3) is 15.9 Å². The molecule has 0 unspecified atom stereocenters. The first-order chi connectivity index (χ1) is 15.3. The molecule has 32 heavy (non-hydrogen) atoms. The van der Waals surface area contributed by atoms with E-state index >= 15 is 0 Å². The maximum absolute atomic E-state index is 13.6. The van der Waals surface area contributed by atoms with E-state index in [1.807, 2.05) is 66.7 Å². The van der Waals surface area contributed by atoms with Crippen LogP contribution < -0.4 is 9.04 Å². The van der Waals surface area contributed by atoms with Crippen LogP contribution in [-0.4, -0.2) is 40.4 Å². The van der Waals surface area contributed by atoms with Crippen molar-refractivity contribution < 1.29 is 17.9 Å². The Morgan fingerprint density at radius 1 is 0.938 bits per heavy atom. The number of ether oxygens (including phenoxy) is 1. The Balaban J connectivity index is 1.85. The third kappa shape index (κ3) is 3.76. The molecule has 0 aliphatic carbocycles. The highest BCUT2D eigenvalue weighted by molar-refractivity contribution is 7.97. The molecule has 164 valence electrons. The van der Waals surface area contributed by atoms with Crippen LogP contribution in [0.15, 0.2) is 83.8 Å². The maximum atomic E-state index is 13.6. The molecule has 3 aromatic carbocycles. The number of methoxy groups -OCH3 is 1. The molecule has 1 aliphatic heterocycles. The van der Waals surface area contributed by atoms with Crippen molar-refractivity contribution in [2.45, 2.75) is 6.54 Å². The van der Waals surface area contributed by atoms with E-state index in [1.165, 1.54) is 16.3 Å². The molecule has 7 heteroatoms. The summed E-state index contributed by atoms with van der Waals surface area (Å²) in [6.45, 7) is 0.259. The van der Waals surface area contributed by atoms with Crippen molar-refractivity contribution in [1.29, 1.82) is 0 Å². The normalized spacial score (nSPS) is 14.7. The minimum absolute atomic E-state index is 0.221. The van der Waals surface area contributed by atoms with E-state index < -0.39 is 15.9 Å². The molecule has 0 saturated heterocycles. The van der Waals surface area contributed by atoms with Gasteiger partial charge in [-0.15, -0.1) is 0 Å². The number of amides is 1. The van der Waals surface area contributed by atoms with Crippen LogP contribution in [0, 0.1) is 0 Å². The first-order valence-electron chi connectivity index (χ1n) is 10.1. The second-order valence-electron chi connectivity index (χ2n) is 7.57. The Labute approximate surface area is 188 Å². The molecule has 0 fully saturated rings. The molecule has 1 aliphatic rings. The summed E-state index contributed by atoms with van der Waals surface area (Å²) in [5.41, 5.74) is 3.21. The molecule has 3 aromatic rings. The van der Waals surface area contributed by atoms with E-state index in [-0.39, 0.29) is 11.4 Å². The summed E-state index contributed by atoms with van der Waals surface area (Å²) < 4.78 is 33.5. The van der Waals surface area contributed by atoms with Crippen molar-refractivity contribution in [3.05, 3.63) is 100 Å². The quantitative estimate of drug-likeness (QED) is 0.594. The van der Waals surface area contributed by atoms with Crippen LogP contribution in [0.5, 0.6) is 5.75 Å². The van der Waals surface area contributed by atoms with Crippen LogP contribution in [0.3, 0.4) is 0 Å². The van der Waals surface area contributed by atoms with Crippen LogP contribution in [-0.2, 0) is 21.4 Å². The molecule has 1 amide bonds. The van der Waals surface area contributed by atoms with Crippen LogP contribution >= 0.6 is 0 Å². The highest BCUT2D eigenvalue weighted by Crippen LogP contribution is 2.42. The van der Waals surface area contributed by atoms with Crippen LogP contribution in [0.2, 0.25) is 0 Å². The predicted octanol–water partition coefficient (Wildman–Crippen LogP) is 3.89. The summed E-state index contributed by atoms with van der Waals surface area (Å²) >= 11 is 0. The number of para-hydroxylation sites is 1. The number of benzene rings is 3. The van der Waals surface area contributed by atoms with E-state index in [0.717, 1.165) is 5.56 Å². The summed E-state index contributed by atoms with van der Waals surface area (Å²) in [4.78, 5) is 14.8. The average Bonchev–Trinajstić information content (AvgIpc) is 2.82. The zero-order chi connectivity index (χ0) is 22.9. The zero-order valence-corrected chi connectivity index (χ0v) is 19.0. The van der Waals surface area contributed by atoms with Crippen molar-refractivity contribution in [2.24, 2.45) is 0 Å². The molecule has 0 bridgehead atoms. The lowest BCUT2D eigenvalue weighted by Crippen LogP contribution is -2.40. The molecule has 6 nitrogen and oxygen atoms in total. The highest BCUT2D eigenvalue weighted by atomic mass is 32.2. The van der Waals surface area contributed by atoms with E-state index in [2.05, 4.69) is 0 Å². The van der Waals surface area contributed by atoms with Crippen molar-refractivity contribution in [1.82, 2.24) is 4.90 Å². The zero-order valence-electron chi connectivity index (χ0n) is 18.1. The van der Waals surface area contributed by atoms with E-state index in [4.69, 9.17) is 4.74 Å². The predicted molar refractivity (Wildman–Crippen MR) is 126 cm³/mol. The fraction of sp³-hybridized carbons (Fsp3) is 0.160. The smallest absolute Gasteiger partial charge is 0.270 e. The fourth-order valence-electron chi connectivity index (χ4n) is 3.84. The molecule has 0 atom stereocenters. The lowest BCUT2D eigenvalue weighted by atomic mass is 9.95. The number of nitrogens with zero attached hydrogens (tertiary/aromatic N) is 2. The monoisotopic (exact) mass is 448 g/mol. The molecule has 0 aromatic heterocycles. The number of fused-ring (bicyclic) bond motifs is 1. The lowest BCUT2D eigenvalue weighted by Gasteiger charge is -2.32. The van der Waals surface area contributed by atoms with Gasteiger partial charge in [0.15, 0.2) is 4.91 Å². The molecule has 0 saturated carbocycles. The molecular formula is C25H24N2O4S. The number of sulfonamides is 1. The van der Waals surface area contributed by atoms with Crippen LogP contribution in [0.25, 0.3) is 5.57 Å². The first-order valence-corrected chi connectivity index (χ1v) is 11.5. The summed E-state index contributed by atoms with van der Waals surface area (Å²) in [7, 11) is 0.618. The van der Waals surface area contributed by atoms with Gasteiger partial charge in [0.2, 0.25) is 0 Å². The number of anilines is 1. The maximum Gasteiger partial charge on any atom is 0.270 e. The molecule has 1 heterocycles. The van der Waals surface area contributed by atoms with Crippen molar-refractivity contribution >= 4 is 27.2 Å². The van der Waals surface area contributed by atoms with Gasteiger partial charge >= 0.3 is 0 Å². The number of rotatable bonds is 5. The topological polar surface area (TPSA) is 66.9 Å². The van der Waals surface area contributed by atoms with Gasteiger partial charge in [0, 0.05) is 31.8 Å². The van der Waals surface area contributed by atoms with Crippen LogP contribution in [0.1, 0.15) is 16.7 Å². The van der Waals surface area contributed by atoms with E-state index in [0.29, 0.717) is 28.1 Å². The van der Waals surface area contributed by atoms with Gasteiger partial charge in [0.1, 0.15) is 5.75 Å². The standard InChI is InChI=1S/C25H24N2O4S/c1-26(17-18-13-15-20(31-3)16-14-18)25(28)24-23(19-9-5-4-6-10-19)21-11-7-8-12-22(21)27(2)32(24,29)30/h4-16H,17H2,1-3H3. The third-order valence-electron chi connectivity index (χ3n) is 5.54. The van der Waals surface area contributed by atoms with Gasteiger partial charge in [-0.2, -0.15) is 0 Å². The Kier molecular flexibility index (Phi) is 5.76. The minimum atomic E-state index is -4.06. The third-order valence-corrected chi connectivity index (χ3v) is 7.35. The van der Waals surface area contributed by atoms with E-state index in [1.54, 1.807) is 26.3 Å². The number of hydrogen-bond donors (Lipinski definition) is 0. The largest absolute Gasteiger partial charge is 0.497 e. The first kappa shape index (κ1) is 21.6. The Hall–Kier alpha value is -3.58. The van der Waals surface area contributed by atoms with Gasteiger partial charge in [-0.1, -0.05) is 60.7 Å². The second-order valence-corrected chi connectivity index (χ2v) is 9.48. The average molecular weight is 449 g/mol. The SMILES string of the molecule is COc1ccc(CN(C)C(=O)C2=C(c3ccccc3)c3ccccc3N(C)S2(=O)=O)cc1. The number of likely N-dealkylation sites (N-methyl/N-ethyl adjacent to an activating group) is 1. The number of carbonyl (C=O) groups is 1. The highest BCUT2D eigenvalue weighted by Gasteiger charge is 2.40. The Morgan fingerprint density at radius 3 is 2.22 bits per heavy atom. The van der Waals surface area contributed by atoms with Gasteiger partial charge < -0.3 is 9.64 Å². The molecule has 0 radical (unpaired) electrons. The number of hydrogen-bond acceptors (Lipinski definition) is 4. The van der Waals surface area contributed by atoms with Gasteiger partial charge in [0.05, 0.1) is 12.8 Å². The van der Waals surface area contributed by atoms with E-state index in [9.17, 15) is 13.2 Å². The Bertz CT molecular complexity index is 1280. The summed E-state index contributed by atoms with van der Waals surface area (Å²) in [5.74, 6) is 0.158. The van der Waals surface area contributed by atoms with Gasteiger partial charge in [-0.3, -0.25) is 9.10 Å². The van der Waals surface area contributed by atoms with Gasteiger partial charge in [-0.25, -0.2) is 8.42 Å². The van der Waals surface area contributed by atoms with Gasteiger partial charge in [-0.05, 0) is 29.3 Å². The van der Waals surface area contributed by atoms with Crippen molar-refractivity contribution in [3.63, 3.8) is 0 Å². The molecule has 0 spiro atoms. The summed E-state index contributed by atoms with van der Waals surface area (Å²) in [5, 5.41) is 0.